The molecule has 9 nitrogen and oxygen atoms in total. The summed E-state index contributed by atoms with van der Waals surface area (Å²) >= 11 is 0. The number of H-pyrrole nitrogens is 1. The Bertz CT molecular complexity index is 811. The van der Waals surface area contributed by atoms with Crippen LogP contribution in [0.2, 0.25) is 0 Å². The van der Waals surface area contributed by atoms with Gasteiger partial charge in [-0.15, -0.1) is 0 Å². The summed E-state index contributed by atoms with van der Waals surface area (Å²) < 4.78 is 20.8. The zero-order valence-corrected chi connectivity index (χ0v) is 15.7. The Morgan fingerprint density at radius 3 is 2.70 bits per heavy atom. The van der Waals surface area contributed by atoms with Crippen molar-refractivity contribution in [3.63, 3.8) is 0 Å². The van der Waals surface area contributed by atoms with Crippen LogP contribution in [0, 0.1) is 6.92 Å². The third kappa shape index (κ3) is 6.15. The summed E-state index contributed by atoms with van der Waals surface area (Å²) in [6.45, 7) is 5.59. The standard InChI is InChI=1S/C18H25N3O6/c1-4-24-7-8-25-10-15(19-3)16(22)11-26-13-5-6-14(12(2)9-13)17-20-18(23)27-21-17/h5-6,9,19,22H,4,7-8,10-11H2,1-3H3,(H,20,21,23)/b16-15-. The lowest BCUT2D eigenvalue weighted by molar-refractivity contribution is 0.0593. The van der Waals surface area contributed by atoms with E-state index in [0.717, 1.165) is 11.1 Å². The Morgan fingerprint density at radius 2 is 2.07 bits per heavy atom. The van der Waals surface area contributed by atoms with Gasteiger partial charge in [0.25, 0.3) is 0 Å². The van der Waals surface area contributed by atoms with E-state index in [1.165, 1.54) is 0 Å². The van der Waals surface area contributed by atoms with Crippen LogP contribution in [0.1, 0.15) is 12.5 Å². The van der Waals surface area contributed by atoms with E-state index in [-0.39, 0.29) is 19.0 Å². The van der Waals surface area contributed by atoms with Crippen LogP contribution in [0.15, 0.2) is 39.0 Å². The monoisotopic (exact) mass is 379 g/mol. The molecule has 0 aliphatic carbocycles. The summed E-state index contributed by atoms with van der Waals surface area (Å²) in [7, 11) is 1.70. The summed E-state index contributed by atoms with van der Waals surface area (Å²) in [6.07, 6.45) is 0. The number of nitrogens with zero attached hydrogens (tertiary/aromatic N) is 1. The van der Waals surface area contributed by atoms with Crippen molar-refractivity contribution in [1.29, 1.82) is 0 Å². The van der Waals surface area contributed by atoms with E-state index in [2.05, 4.69) is 20.0 Å². The molecule has 1 aromatic heterocycles. The van der Waals surface area contributed by atoms with Crippen molar-refractivity contribution >= 4 is 0 Å². The Kier molecular flexibility index (Phi) is 7.90. The van der Waals surface area contributed by atoms with Gasteiger partial charge < -0.3 is 24.6 Å². The van der Waals surface area contributed by atoms with Gasteiger partial charge in [0, 0.05) is 19.2 Å². The predicted octanol–water partition coefficient (Wildman–Crippen LogP) is 1.76. The molecule has 0 saturated heterocycles. The minimum atomic E-state index is -0.608. The van der Waals surface area contributed by atoms with Gasteiger partial charge in [0.2, 0.25) is 0 Å². The molecule has 0 spiro atoms. The van der Waals surface area contributed by atoms with Crippen LogP contribution in [0.5, 0.6) is 5.75 Å². The summed E-state index contributed by atoms with van der Waals surface area (Å²) in [5, 5.41) is 16.8. The molecular formula is C18H25N3O6. The average molecular weight is 379 g/mol. The molecular weight excluding hydrogens is 354 g/mol. The third-order valence-corrected chi connectivity index (χ3v) is 3.74. The van der Waals surface area contributed by atoms with E-state index in [1.54, 1.807) is 25.2 Å². The van der Waals surface area contributed by atoms with E-state index in [4.69, 9.17) is 14.2 Å². The molecule has 0 unspecified atom stereocenters. The smallest absolute Gasteiger partial charge is 0.439 e. The minimum absolute atomic E-state index is 0.00935. The number of rotatable bonds is 11. The predicted molar refractivity (Wildman–Crippen MR) is 98.8 cm³/mol. The number of aromatic nitrogens is 2. The first-order valence-electron chi connectivity index (χ1n) is 8.59. The van der Waals surface area contributed by atoms with Crippen LogP contribution in [0.4, 0.5) is 0 Å². The molecule has 0 amide bonds. The van der Waals surface area contributed by atoms with Crippen molar-refractivity contribution in [2.24, 2.45) is 0 Å². The molecule has 0 saturated carbocycles. The van der Waals surface area contributed by atoms with E-state index in [1.807, 2.05) is 13.8 Å². The normalized spacial score (nSPS) is 12.0. The van der Waals surface area contributed by atoms with Crippen molar-refractivity contribution in [2.75, 3.05) is 40.1 Å². The number of aromatic amines is 1. The summed E-state index contributed by atoms with van der Waals surface area (Å²) in [5.41, 5.74) is 2.11. The average Bonchev–Trinajstić information content (AvgIpc) is 3.09. The van der Waals surface area contributed by atoms with Gasteiger partial charge in [0.1, 0.15) is 12.4 Å². The second-order valence-corrected chi connectivity index (χ2v) is 5.63. The Balaban J connectivity index is 1.94. The number of aliphatic hydroxyl groups is 1. The quantitative estimate of drug-likeness (QED) is 0.399. The lowest BCUT2D eigenvalue weighted by Gasteiger charge is -2.13. The van der Waals surface area contributed by atoms with Crippen LogP contribution < -0.4 is 15.8 Å². The first-order chi connectivity index (χ1) is 13.0. The largest absolute Gasteiger partial charge is 0.507 e. The van der Waals surface area contributed by atoms with E-state index < -0.39 is 5.76 Å². The molecule has 9 heteroatoms. The van der Waals surface area contributed by atoms with Gasteiger partial charge in [0.15, 0.2) is 11.6 Å². The molecule has 3 N–H and O–H groups in total. The number of hydrogen-bond donors (Lipinski definition) is 3. The van der Waals surface area contributed by atoms with E-state index in [0.29, 0.717) is 37.1 Å². The van der Waals surface area contributed by atoms with Crippen molar-refractivity contribution in [3.8, 4) is 17.1 Å². The van der Waals surface area contributed by atoms with Crippen LogP contribution >= 0.6 is 0 Å². The molecule has 0 radical (unpaired) electrons. The summed E-state index contributed by atoms with van der Waals surface area (Å²) in [5.74, 6) is 0.370. The van der Waals surface area contributed by atoms with Gasteiger partial charge >= 0.3 is 5.76 Å². The number of aliphatic hydroxyl groups excluding tert-OH is 1. The second kappa shape index (κ2) is 10.4. The molecule has 2 aromatic rings. The van der Waals surface area contributed by atoms with Crippen LogP contribution in [0.3, 0.4) is 0 Å². The van der Waals surface area contributed by atoms with Crippen molar-refractivity contribution < 1.29 is 23.8 Å². The first-order valence-corrected chi connectivity index (χ1v) is 8.59. The summed E-state index contributed by atoms with van der Waals surface area (Å²) in [6, 6.07) is 5.27. The molecule has 0 aliphatic heterocycles. The number of benzene rings is 1. The molecule has 148 valence electrons. The SMILES string of the molecule is CCOCCOC/C(NC)=C(/O)COc1ccc(-c2noc(=O)[nH]2)c(C)c1. The minimum Gasteiger partial charge on any atom is -0.507 e. The van der Waals surface area contributed by atoms with Gasteiger partial charge in [-0.1, -0.05) is 5.16 Å². The van der Waals surface area contributed by atoms with Crippen molar-refractivity contribution in [3.05, 3.63) is 45.8 Å². The van der Waals surface area contributed by atoms with Crippen LogP contribution in [0.25, 0.3) is 11.4 Å². The second-order valence-electron chi connectivity index (χ2n) is 5.63. The lowest BCUT2D eigenvalue weighted by Crippen LogP contribution is -2.19. The molecule has 1 heterocycles. The maximum Gasteiger partial charge on any atom is 0.439 e. The third-order valence-electron chi connectivity index (χ3n) is 3.74. The number of ether oxygens (including phenoxy) is 3. The highest BCUT2D eigenvalue weighted by Gasteiger charge is 2.10. The van der Waals surface area contributed by atoms with Crippen molar-refractivity contribution in [2.45, 2.75) is 13.8 Å². The first kappa shape index (κ1) is 20.5. The molecule has 27 heavy (non-hydrogen) atoms. The zero-order valence-electron chi connectivity index (χ0n) is 15.7. The van der Waals surface area contributed by atoms with Gasteiger partial charge in [-0.25, -0.2) is 4.79 Å². The van der Waals surface area contributed by atoms with Crippen molar-refractivity contribution in [1.82, 2.24) is 15.5 Å². The molecule has 0 bridgehead atoms. The molecule has 1 aromatic carbocycles. The van der Waals surface area contributed by atoms with Crippen LogP contribution in [-0.4, -0.2) is 55.3 Å². The highest BCUT2D eigenvalue weighted by Crippen LogP contribution is 2.24. The highest BCUT2D eigenvalue weighted by molar-refractivity contribution is 5.60. The topological polar surface area (TPSA) is 119 Å². The van der Waals surface area contributed by atoms with E-state index in [9.17, 15) is 9.90 Å². The maximum absolute atomic E-state index is 11.1. The number of aryl methyl sites for hydroxylation is 1. The molecule has 0 atom stereocenters. The lowest BCUT2D eigenvalue weighted by atomic mass is 10.1. The molecule has 0 fully saturated rings. The van der Waals surface area contributed by atoms with Gasteiger partial charge in [-0.2, -0.15) is 0 Å². The van der Waals surface area contributed by atoms with Gasteiger partial charge in [0.05, 0.1) is 25.5 Å². The number of hydrogen-bond acceptors (Lipinski definition) is 8. The van der Waals surface area contributed by atoms with Gasteiger partial charge in [-0.05, 0) is 37.6 Å². The fourth-order valence-electron chi connectivity index (χ4n) is 2.31. The van der Waals surface area contributed by atoms with Gasteiger partial charge in [-0.3, -0.25) is 9.51 Å². The summed E-state index contributed by atoms with van der Waals surface area (Å²) in [4.78, 5) is 13.6. The Hall–Kier alpha value is -2.78. The molecule has 0 aliphatic rings. The molecule has 2 rings (SSSR count). The Labute approximate surface area is 156 Å². The number of likely N-dealkylation sites (N-methyl/N-ethyl adjacent to an activating group) is 1. The fourth-order valence-corrected chi connectivity index (χ4v) is 2.31. The van der Waals surface area contributed by atoms with E-state index >= 15 is 0 Å². The zero-order chi connectivity index (χ0) is 19.6. The number of nitrogens with one attached hydrogen (secondary N) is 2. The maximum atomic E-state index is 11.1. The fraction of sp³-hybridized carbons (Fsp3) is 0.444. The Morgan fingerprint density at radius 1 is 1.30 bits per heavy atom. The van der Waals surface area contributed by atoms with Crippen LogP contribution in [-0.2, 0) is 9.47 Å². The highest BCUT2D eigenvalue weighted by atomic mass is 16.5.